The van der Waals surface area contributed by atoms with E-state index < -0.39 is 16.6 Å². The molecule has 0 amide bonds. The maximum Gasteiger partial charge on any atom is 0.241 e. The molecule has 1 atom stereocenters. The number of nitrogens with one attached hydrogen (secondary N) is 1. The van der Waals surface area contributed by atoms with Crippen molar-refractivity contribution in [3.63, 3.8) is 0 Å². The summed E-state index contributed by atoms with van der Waals surface area (Å²) in [6.45, 7) is 2.10. The monoisotopic (exact) mass is 410 g/mol. The molecule has 3 N–H and O–H groups in total. The molecule has 7 nitrogen and oxygen atoms in total. The average molecular weight is 411 g/mol. The molecule has 0 radical (unpaired) electrons. The lowest BCUT2D eigenvalue weighted by molar-refractivity contribution is 0.272. The van der Waals surface area contributed by atoms with E-state index in [4.69, 9.17) is 22.1 Å². The van der Waals surface area contributed by atoms with Crippen molar-refractivity contribution in [1.82, 2.24) is 5.32 Å². The van der Waals surface area contributed by atoms with Gasteiger partial charge in [-0.1, -0.05) is 18.2 Å². The first-order valence-corrected chi connectivity index (χ1v) is 10.4. The van der Waals surface area contributed by atoms with Gasteiger partial charge in [-0.3, -0.25) is 0 Å². The van der Waals surface area contributed by atoms with E-state index in [1.807, 2.05) is 13.8 Å². The smallest absolute Gasteiger partial charge is 0.241 e. The van der Waals surface area contributed by atoms with Crippen LogP contribution < -0.4 is 24.7 Å². The second kappa shape index (κ2) is 10.3. The number of ether oxygens (including phenoxy) is 3. The van der Waals surface area contributed by atoms with Crippen LogP contribution in [0.5, 0.6) is 17.2 Å². The summed E-state index contributed by atoms with van der Waals surface area (Å²) in [4.78, 5) is -0.0825. The highest BCUT2D eigenvalue weighted by atomic mass is 32.2. The minimum Gasteiger partial charge on any atom is -0.495 e. The summed E-state index contributed by atoms with van der Waals surface area (Å²) in [6, 6.07) is 11.5. The van der Waals surface area contributed by atoms with Gasteiger partial charge in [-0.15, -0.1) is 0 Å². The van der Waals surface area contributed by atoms with E-state index in [1.54, 1.807) is 36.4 Å². The molecule has 2 rings (SSSR count). The zero-order valence-electron chi connectivity index (χ0n) is 18.3. The van der Waals surface area contributed by atoms with Gasteiger partial charge in [0, 0.05) is 12.6 Å². The fourth-order valence-electron chi connectivity index (χ4n) is 2.64. The van der Waals surface area contributed by atoms with E-state index in [1.165, 1.54) is 13.2 Å². The summed E-state index contributed by atoms with van der Waals surface area (Å²) in [6.07, 6.45) is 0.456. The van der Waals surface area contributed by atoms with Crippen LogP contribution in [0.3, 0.4) is 0 Å². The molecule has 154 valence electrons. The number of methoxy groups -OCH3 is 1. The Bertz CT molecular complexity index is 954. The summed E-state index contributed by atoms with van der Waals surface area (Å²) < 4.78 is 55.9. The van der Waals surface area contributed by atoms with Crippen molar-refractivity contribution in [3.8, 4) is 17.2 Å². The van der Waals surface area contributed by atoms with Crippen molar-refractivity contribution in [3.05, 3.63) is 48.0 Å². The molecule has 28 heavy (non-hydrogen) atoms. The van der Waals surface area contributed by atoms with Crippen LogP contribution in [-0.4, -0.2) is 41.3 Å². The SMILES string of the molecule is [2H]C([2H])(CN[C@H](C)Cc1ccc(OC)c(S(N)(=O)=O)c1)Oc1ccccc1OCC. The number of nitrogens with two attached hydrogens (primary N) is 1. The standard InChI is InChI=1S/C20H28N2O5S/c1-4-26-17-7-5-6-8-18(17)27-12-11-22-15(2)13-16-9-10-19(25-3)20(14-16)28(21,23)24/h5-10,14-15,22H,4,11-13H2,1-3H3,(H2,21,23,24)/t15-/m1/s1/i12D2. The Morgan fingerprint density at radius 3 is 2.43 bits per heavy atom. The van der Waals surface area contributed by atoms with Crippen molar-refractivity contribution in [2.45, 2.75) is 31.2 Å². The molecule has 0 fully saturated rings. The van der Waals surface area contributed by atoms with Crippen molar-refractivity contribution in [1.29, 1.82) is 0 Å². The highest BCUT2D eigenvalue weighted by Gasteiger charge is 2.16. The first kappa shape index (κ1) is 19.0. The zero-order valence-corrected chi connectivity index (χ0v) is 17.1. The molecule has 8 heteroatoms. The van der Waals surface area contributed by atoms with E-state index in [2.05, 4.69) is 5.32 Å². The van der Waals surface area contributed by atoms with Gasteiger partial charge in [-0.2, -0.15) is 0 Å². The van der Waals surface area contributed by atoms with Crippen LogP contribution in [0.2, 0.25) is 0 Å². The molecule has 0 unspecified atom stereocenters. The maximum absolute atomic E-state index is 11.8. The van der Waals surface area contributed by atoms with Crippen molar-refractivity contribution < 1.29 is 25.4 Å². The predicted molar refractivity (Wildman–Crippen MR) is 109 cm³/mol. The molecule has 0 bridgehead atoms. The quantitative estimate of drug-likeness (QED) is 0.590. The number of para-hydroxylation sites is 2. The number of primary sulfonamides is 1. The third kappa shape index (κ3) is 6.40. The molecule has 0 saturated carbocycles. The van der Waals surface area contributed by atoms with Gasteiger partial charge in [0.25, 0.3) is 0 Å². The van der Waals surface area contributed by atoms with E-state index in [9.17, 15) is 8.42 Å². The molecule has 2 aromatic rings. The second-order valence-electron chi connectivity index (χ2n) is 6.14. The van der Waals surface area contributed by atoms with Crippen LogP contribution in [0.4, 0.5) is 0 Å². The van der Waals surface area contributed by atoms with E-state index in [-0.39, 0.29) is 23.2 Å². The molecule has 0 aliphatic carbocycles. The van der Waals surface area contributed by atoms with Gasteiger partial charge in [0.15, 0.2) is 11.5 Å². The molecule has 0 saturated heterocycles. The zero-order chi connectivity index (χ0) is 22.4. The third-order valence-electron chi connectivity index (χ3n) is 3.93. The molecule has 0 heterocycles. The predicted octanol–water partition coefficient (Wildman–Crippen LogP) is 2.34. The number of sulfonamides is 1. The van der Waals surface area contributed by atoms with Crippen molar-refractivity contribution >= 4 is 10.0 Å². The fraction of sp³-hybridized carbons (Fsp3) is 0.400. The normalized spacial score (nSPS) is 14.0. The van der Waals surface area contributed by atoms with Crippen LogP contribution in [0, 0.1) is 0 Å². The summed E-state index contributed by atoms with van der Waals surface area (Å²) in [5, 5.41) is 8.33. The topological polar surface area (TPSA) is 99.9 Å². The Hall–Kier alpha value is -2.29. The summed E-state index contributed by atoms with van der Waals surface area (Å²) in [5.41, 5.74) is 0.725. The van der Waals surface area contributed by atoms with E-state index in [0.29, 0.717) is 24.5 Å². The molecular weight excluding hydrogens is 380 g/mol. The third-order valence-corrected chi connectivity index (χ3v) is 4.86. The van der Waals surface area contributed by atoms with Gasteiger partial charge < -0.3 is 19.5 Å². The highest BCUT2D eigenvalue weighted by molar-refractivity contribution is 7.89. The minimum atomic E-state index is -3.92. The summed E-state index contributed by atoms with van der Waals surface area (Å²) in [7, 11) is -2.55. The van der Waals surface area contributed by atoms with Crippen molar-refractivity contribution in [2.24, 2.45) is 5.14 Å². The van der Waals surface area contributed by atoms with Crippen molar-refractivity contribution in [2.75, 3.05) is 26.8 Å². The lowest BCUT2D eigenvalue weighted by Gasteiger charge is -2.16. The van der Waals surface area contributed by atoms with Crippen LogP contribution in [-0.2, 0) is 16.4 Å². The Kier molecular flexibility index (Phi) is 7.01. The van der Waals surface area contributed by atoms with Crippen LogP contribution in [0.15, 0.2) is 47.4 Å². The van der Waals surface area contributed by atoms with Gasteiger partial charge in [0.1, 0.15) is 17.2 Å². The van der Waals surface area contributed by atoms with Crippen LogP contribution in [0.1, 0.15) is 22.2 Å². The van der Waals surface area contributed by atoms with Gasteiger partial charge in [-0.05, 0) is 50.1 Å². The first-order chi connectivity index (χ1) is 14.1. The Morgan fingerprint density at radius 1 is 1.14 bits per heavy atom. The fourth-order valence-corrected chi connectivity index (χ4v) is 3.38. The molecule has 2 aromatic carbocycles. The van der Waals surface area contributed by atoms with Gasteiger partial charge in [0.2, 0.25) is 10.0 Å². The van der Waals surface area contributed by atoms with E-state index >= 15 is 0 Å². The molecule has 0 aliphatic heterocycles. The number of benzene rings is 2. The highest BCUT2D eigenvalue weighted by Crippen LogP contribution is 2.26. The van der Waals surface area contributed by atoms with E-state index in [0.717, 1.165) is 5.56 Å². The molecule has 0 spiro atoms. The Morgan fingerprint density at radius 2 is 1.82 bits per heavy atom. The average Bonchev–Trinajstić information content (AvgIpc) is 2.67. The summed E-state index contributed by atoms with van der Waals surface area (Å²) >= 11 is 0. The lowest BCUT2D eigenvalue weighted by Crippen LogP contribution is -2.32. The minimum absolute atomic E-state index is 0.0766. The largest absolute Gasteiger partial charge is 0.495 e. The van der Waals surface area contributed by atoms with Gasteiger partial charge in [-0.25, -0.2) is 13.6 Å². The van der Waals surface area contributed by atoms with Gasteiger partial charge >= 0.3 is 0 Å². The number of rotatable bonds is 11. The molecular formula is C20H28N2O5S. The molecule has 0 aliphatic rings. The van der Waals surface area contributed by atoms with Crippen LogP contribution >= 0.6 is 0 Å². The van der Waals surface area contributed by atoms with Gasteiger partial charge in [0.05, 0.1) is 16.5 Å². The molecule has 0 aromatic heterocycles. The lowest BCUT2D eigenvalue weighted by atomic mass is 10.1. The Balaban J connectivity index is 2.01. The second-order valence-corrected chi connectivity index (χ2v) is 7.67. The maximum atomic E-state index is 11.8. The summed E-state index contributed by atoms with van der Waals surface area (Å²) in [5.74, 6) is 0.983. The number of hydrogen-bond acceptors (Lipinski definition) is 6. The Labute approximate surface area is 169 Å². The van der Waals surface area contributed by atoms with Crippen LogP contribution in [0.25, 0.3) is 0 Å². The number of hydrogen-bond donors (Lipinski definition) is 2. The first-order valence-electron chi connectivity index (χ1n) is 9.89.